The summed E-state index contributed by atoms with van der Waals surface area (Å²) in [5.74, 6) is -2.53. The molecule has 5 rings (SSSR count). The highest BCUT2D eigenvalue weighted by Crippen LogP contribution is 2.32. The lowest BCUT2D eigenvalue weighted by molar-refractivity contribution is 0.0556. The Hall–Kier alpha value is -4.72. The number of methoxy groups -OCH3 is 2. The zero-order valence-electron chi connectivity index (χ0n) is 18.2. The first-order valence-corrected chi connectivity index (χ1v) is 10.3. The lowest BCUT2D eigenvalue weighted by Crippen LogP contribution is -2.20. The van der Waals surface area contributed by atoms with Crippen LogP contribution < -0.4 is 5.63 Å². The summed E-state index contributed by atoms with van der Waals surface area (Å²) < 4.78 is 16.6. The molecule has 0 radical (unpaired) electrons. The van der Waals surface area contributed by atoms with Crippen LogP contribution in [0.15, 0.2) is 76.1 Å². The summed E-state index contributed by atoms with van der Waals surface area (Å²) in [6, 6.07) is 17.1. The van der Waals surface area contributed by atoms with Crippen LogP contribution in [0.25, 0.3) is 27.3 Å². The van der Waals surface area contributed by atoms with Gasteiger partial charge < -0.3 is 18.3 Å². The molecular weight excluding hydrogens is 438 g/mol. The highest BCUT2D eigenvalue weighted by molar-refractivity contribution is 6.22. The number of benzene rings is 2. The van der Waals surface area contributed by atoms with Gasteiger partial charge in [-0.15, -0.1) is 0 Å². The Labute approximate surface area is 191 Å². The van der Waals surface area contributed by atoms with Gasteiger partial charge in [0.25, 0.3) is 0 Å². The highest BCUT2D eigenvalue weighted by atomic mass is 16.5. The lowest BCUT2D eigenvalue weighted by atomic mass is 10.0. The first-order valence-electron chi connectivity index (χ1n) is 10.3. The molecule has 0 amide bonds. The number of ether oxygens (including phenoxy) is 2. The van der Waals surface area contributed by atoms with Gasteiger partial charge in [-0.3, -0.25) is 4.79 Å². The van der Waals surface area contributed by atoms with E-state index >= 15 is 0 Å². The van der Waals surface area contributed by atoms with E-state index in [1.807, 2.05) is 12.1 Å². The topological polar surface area (TPSA) is 104 Å². The smallest absolute Gasteiger partial charge is 0.347 e. The summed E-state index contributed by atoms with van der Waals surface area (Å²) in [4.78, 5) is 52.3. The number of nitrogens with zero attached hydrogens (tertiary/aromatic N) is 1. The van der Waals surface area contributed by atoms with E-state index in [0.717, 1.165) is 12.5 Å². The fourth-order valence-electron chi connectivity index (χ4n) is 4.19. The van der Waals surface area contributed by atoms with Crippen molar-refractivity contribution in [3.8, 4) is 0 Å². The van der Waals surface area contributed by atoms with Gasteiger partial charge in [0.1, 0.15) is 28.0 Å². The zero-order chi connectivity index (χ0) is 24.0. The molecule has 0 bridgehead atoms. The standard InChI is InChI=1S/C26H17NO7/c1-32-25(30)19-20(26(31)33-2)22(27-12-11-14-7-3-5-9-16(14)21(19)27)23(28)17-13-15-8-4-6-10-18(15)34-24(17)29/h3-13H,1-2H3. The molecule has 0 aliphatic carbocycles. The summed E-state index contributed by atoms with van der Waals surface area (Å²) in [5, 5.41) is 1.92. The maximum Gasteiger partial charge on any atom is 0.347 e. The number of fused-ring (bicyclic) bond motifs is 4. The number of hydrogen-bond acceptors (Lipinski definition) is 7. The molecule has 8 heteroatoms. The number of hydrogen-bond donors (Lipinski definition) is 0. The Kier molecular flexibility index (Phi) is 4.98. The summed E-state index contributed by atoms with van der Waals surface area (Å²) >= 11 is 0. The number of aromatic nitrogens is 1. The Morgan fingerprint density at radius 2 is 1.47 bits per heavy atom. The Balaban J connectivity index is 1.92. The zero-order valence-corrected chi connectivity index (χ0v) is 18.2. The van der Waals surface area contributed by atoms with Gasteiger partial charge in [-0.05, 0) is 23.6 Å². The molecule has 0 aliphatic heterocycles. The lowest BCUT2D eigenvalue weighted by Gasteiger charge is -2.07. The summed E-state index contributed by atoms with van der Waals surface area (Å²) in [6.07, 6.45) is 1.56. The second-order valence-electron chi connectivity index (χ2n) is 7.52. The van der Waals surface area contributed by atoms with Crippen molar-refractivity contribution < 1.29 is 28.3 Å². The fourth-order valence-corrected chi connectivity index (χ4v) is 4.19. The Morgan fingerprint density at radius 1 is 0.824 bits per heavy atom. The first kappa shape index (κ1) is 21.1. The number of carbonyl (C=O) groups excluding carboxylic acids is 3. The minimum absolute atomic E-state index is 0.125. The largest absolute Gasteiger partial charge is 0.465 e. The number of pyridine rings is 1. The van der Waals surface area contributed by atoms with Crippen molar-refractivity contribution in [3.05, 3.63) is 99.7 Å². The number of para-hydroxylation sites is 1. The van der Waals surface area contributed by atoms with Crippen molar-refractivity contribution in [1.29, 1.82) is 0 Å². The summed E-state index contributed by atoms with van der Waals surface area (Å²) in [7, 11) is 2.32. The molecular formula is C26H17NO7. The van der Waals surface area contributed by atoms with Crippen LogP contribution in [-0.4, -0.2) is 36.3 Å². The Morgan fingerprint density at radius 3 is 2.21 bits per heavy atom. The molecule has 8 nitrogen and oxygen atoms in total. The molecule has 168 valence electrons. The van der Waals surface area contributed by atoms with E-state index in [2.05, 4.69) is 0 Å². The summed E-state index contributed by atoms with van der Waals surface area (Å²) in [6.45, 7) is 0. The third-order valence-electron chi connectivity index (χ3n) is 5.70. The average molecular weight is 455 g/mol. The second kappa shape index (κ2) is 8.00. The predicted octanol–water partition coefficient (Wildman–Crippen LogP) is 4.00. The van der Waals surface area contributed by atoms with E-state index in [4.69, 9.17) is 13.9 Å². The van der Waals surface area contributed by atoms with Gasteiger partial charge in [-0.25, -0.2) is 14.4 Å². The predicted molar refractivity (Wildman–Crippen MR) is 123 cm³/mol. The fraction of sp³-hybridized carbons (Fsp3) is 0.0769. The van der Waals surface area contributed by atoms with Gasteiger partial charge in [0, 0.05) is 17.0 Å². The van der Waals surface area contributed by atoms with Crippen LogP contribution in [-0.2, 0) is 9.47 Å². The van der Waals surface area contributed by atoms with Crippen LogP contribution in [0.3, 0.4) is 0 Å². The van der Waals surface area contributed by atoms with Gasteiger partial charge in [-0.2, -0.15) is 0 Å². The molecule has 3 heterocycles. The van der Waals surface area contributed by atoms with Crippen LogP contribution in [0.4, 0.5) is 0 Å². The minimum atomic E-state index is -0.915. The van der Waals surface area contributed by atoms with Crippen LogP contribution in [0.5, 0.6) is 0 Å². The van der Waals surface area contributed by atoms with Gasteiger partial charge in [0.05, 0.1) is 19.7 Å². The molecule has 5 aromatic rings. The van der Waals surface area contributed by atoms with Crippen molar-refractivity contribution in [2.45, 2.75) is 0 Å². The van der Waals surface area contributed by atoms with Gasteiger partial charge >= 0.3 is 17.6 Å². The first-order chi connectivity index (χ1) is 16.5. The monoisotopic (exact) mass is 455 g/mol. The molecule has 3 aromatic heterocycles. The van der Waals surface area contributed by atoms with Crippen molar-refractivity contribution in [1.82, 2.24) is 4.40 Å². The van der Waals surface area contributed by atoms with E-state index < -0.39 is 23.3 Å². The average Bonchev–Trinajstić information content (AvgIpc) is 3.22. The molecule has 0 aliphatic rings. The molecule has 0 fully saturated rings. The maximum atomic E-state index is 13.8. The molecule has 0 spiro atoms. The summed E-state index contributed by atoms with van der Waals surface area (Å²) in [5.41, 5.74) is -1.15. The van der Waals surface area contributed by atoms with Crippen molar-refractivity contribution in [3.63, 3.8) is 0 Å². The molecule has 0 saturated heterocycles. The normalized spacial score (nSPS) is 11.1. The molecule has 0 saturated carbocycles. The van der Waals surface area contributed by atoms with Gasteiger partial charge in [0.2, 0.25) is 5.78 Å². The number of carbonyl (C=O) groups is 3. The van der Waals surface area contributed by atoms with E-state index in [0.29, 0.717) is 21.9 Å². The van der Waals surface area contributed by atoms with Gasteiger partial charge in [0.15, 0.2) is 0 Å². The SMILES string of the molecule is COC(=O)c1c(C(=O)OC)c2c3ccccc3ccn2c1C(=O)c1cc2ccccc2oc1=O. The Bertz CT molecular complexity index is 1710. The van der Waals surface area contributed by atoms with Gasteiger partial charge in [-0.1, -0.05) is 42.5 Å². The second-order valence-corrected chi connectivity index (χ2v) is 7.52. The quantitative estimate of drug-likeness (QED) is 0.229. The van der Waals surface area contributed by atoms with Crippen LogP contribution in [0.2, 0.25) is 0 Å². The van der Waals surface area contributed by atoms with Crippen molar-refractivity contribution >= 4 is 45.0 Å². The van der Waals surface area contributed by atoms with E-state index in [9.17, 15) is 19.2 Å². The van der Waals surface area contributed by atoms with Crippen LogP contribution in [0.1, 0.15) is 36.8 Å². The van der Waals surface area contributed by atoms with E-state index in [1.54, 1.807) is 48.7 Å². The highest BCUT2D eigenvalue weighted by Gasteiger charge is 2.34. The van der Waals surface area contributed by atoms with Crippen LogP contribution >= 0.6 is 0 Å². The van der Waals surface area contributed by atoms with E-state index in [1.165, 1.54) is 17.6 Å². The minimum Gasteiger partial charge on any atom is -0.465 e. The number of ketones is 1. The van der Waals surface area contributed by atoms with Crippen molar-refractivity contribution in [2.24, 2.45) is 0 Å². The third kappa shape index (κ3) is 3.07. The third-order valence-corrected chi connectivity index (χ3v) is 5.70. The molecule has 0 unspecified atom stereocenters. The molecule has 0 atom stereocenters. The number of esters is 2. The van der Waals surface area contributed by atoms with E-state index in [-0.39, 0.29) is 22.4 Å². The molecule has 34 heavy (non-hydrogen) atoms. The molecule has 0 N–H and O–H groups in total. The number of rotatable bonds is 4. The van der Waals surface area contributed by atoms with Crippen molar-refractivity contribution in [2.75, 3.05) is 14.2 Å². The molecule has 2 aromatic carbocycles. The van der Waals surface area contributed by atoms with Crippen LogP contribution in [0, 0.1) is 0 Å². The maximum absolute atomic E-state index is 13.8.